The molecule has 1 aliphatic heterocycles. The molecule has 0 unspecified atom stereocenters. The smallest absolute Gasteiger partial charge is 0.258 e. The highest BCUT2D eigenvalue weighted by Crippen LogP contribution is 2.21. The minimum absolute atomic E-state index is 0.476. The molecule has 0 spiro atoms. The Kier molecular flexibility index (Phi) is 2.56. The number of nitrogens with zero attached hydrogens (tertiary/aromatic N) is 5. The normalized spacial score (nSPS) is 14.2. The number of fused-ring (bicyclic) bond motifs is 1. The zero-order chi connectivity index (χ0) is 13.4. The fourth-order valence-electron chi connectivity index (χ4n) is 2.27. The molecule has 1 aliphatic rings. The maximum Gasteiger partial charge on any atom is 0.258 e. The van der Waals surface area contributed by atoms with Crippen LogP contribution in [0.5, 0.6) is 0 Å². The van der Waals surface area contributed by atoms with Crippen LogP contribution in [0.2, 0.25) is 0 Å². The summed E-state index contributed by atoms with van der Waals surface area (Å²) in [6, 6.07) is 9.68. The van der Waals surface area contributed by atoms with Crippen molar-refractivity contribution in [3.05, 3.63) is 36.2 Å². The fourth-order valence-corrected chi connectivity index (χ4v) is 2.27. The van der Waals surface area contributed by atoms with Gasteiger partial charge in [-0.25, -0.2) is 0 Å². The van der Waals surface area contributed by atoms with E-state index in [2.05, 4.69) is 25.7 Å². The Morgan fingerprint density at radius 3 is 2.95 bits per heavy atom. The van der Waals surface area contributed by atoms with E-state index in [1.54, 1.807) is 0 Å². The third-order valence-corrected chi connectivity index (χ3v) is 3.27. The van der Waals surface area contributed by atoms with Gasteiger partial charge in [0.2, 0.25) is 11.6 Å². The van der Waals surface area contributed by atoms with Crippen molar-refractivity contribution in [1.82, 2.24) is 30.2 Å². The topological polar surface area (TPSA) is 81.7 Å². The molecule has 0 saturated carbocycles. The molecule has 3 aromatic rings. The Bertz CT molecular complexity index is 732. The maximum atomic E-state index is 5.31. The van der Waals surface area contributed by atoms with Gasteiger partial charge in [0.25, 0.3) is 5.89 Å². The van der Waals surface area contributed by atoms with Gasteiger partial charge in [-0.2, -0.15) is 4.98 Å². The second kappa shape index (κ2) is 4.53. The van der Waals surface area contributed by atoms with Crippen LogP contribution in [0.25, 0.3) is 23.1 Å². The molecule has 0 amide bonds. The van der Waals surface area contributed by atoms with Gasteiger partial charge in [0.1, 0.15) is 5.82 Å². The molecule has 3 heterocycles. The number of aromatic nitrogens is 5. The predicted molar refractivity (Wildman–Crippen MR) is 70.5 cm³/mol. The van der Waals surface area contributed by atoms with Crippen molar-refractivity contribution in [2.24, 2.45) is 0 Å². The van der Waals surface area contributed by atoms with Gasteiger partial charge in [-0.3, -0.25) is 0 Å². The summed E-state index contributed by atoms with van der Waals surface area (Å²) in [5, 5.41) is 15.6. The van der Waals surface area contributed by atoms with E-state index in [1.807, 2.05) is 34.9 Å². The summed E-state index contributed by atoms with van der Waals surface area (Å²) < 4.78 is 7.33. The van der Waals surface area contributed by atoms with Gasteiger partial charge < -0.3 is 14.4 Å². The average molecular weight is 268 g/mol. The van der Waals surface area contributed by atoms with E-state index < -0.39 is 0 Å². The molecule has 7 heteroatoms. The molecule has 2 aromatic heterocycles. The molecule has 0 radical (unpaired) electrons. The lowest BCUT2D eigenvalue weighted by atomic mass is 10.2. The number of hydrogen-bond acceptors (Lipinski definition) is 6. The minimum Gasteiger partial charge on any atom is -0.334 e. The molecule has 7 nitrogen and oxygen atoms in total. The monoisotopic (exact) mass is 268 g/mol. The highest BCUT2D eigenvalue weighted by molar-refractivity contribution is 5.55. The number of nitrogens with one attached hydrogen (secondary N) is 1. The van der Waals surface area contributed by atoms with Gasteiger partial charge in [-0.1, -0.05) is 23.4 Å². The first-order chi connectivity index (χ1) is 9.92. The fraction of sp³-hybridized carbons (Fsp3) is 0.231. The summed E-state index contributed by atoms with van der Waals surface area (Å²) in [5.41, 5.74) is 0.895. The molecule has 4 rings (SSSR count). The second-order valence-corrected chi connectivity index (χ2v) is 4.56. The first-order valence-electron chi connectivity index (χ1n) is 6.44. The summed E-state index contributed by atoms with van der Waals surface area (Å²) in [5.74, 6) is 2.53. The zero-order valence-electron chi connectivity index (χ0n) is 10.7. The summed E-state index contributed by atoms with van der Waals surface area (Å²) >= 11 is 0. The Balaban J connectivity index is 1.74. The van der Waals surface area contributed by atoms with Crippen molar-refractivity contribution in [2.45, 2.75) is 13.1 Å². The molecule has 1 N–H and O–H groups in total. The first kappa shape index (κ1) is 11.3. The van der Waals surface area contributed by atoms with Crippen molar-refractivity contribution in [1.29, 1.82) is 0 Å². The van der Waals surface area contributed by atoms with Gasteiger partial charge >= 0.3 is 0 Å². The number of rotatable bonds is 2. The lowest BCUT2D eigenvalue weighted by Crippen LogP contribution is -2.28. The SMILES string of the molecule is c1ccc(-c2nc(-c3nnc4n3CCNC4)no2)cc1. The zero-order valence-corrected chi connectivity index (χ0v) is 10.7. The molecule has 0 bridgehead atoms. The predicted octanol–water partition coefficient (Wildman–Crippen LogP) is 1.10. The Hall–Kier alpha value is -2.54. The van der Waals surface area contributed by atoms with Crippen molar-refractivity contribution < 1.29 is 4.52 Å². The van der Waals surface area contributed by atoms with Crippen LogP contribution in [0.15, 0.2) is 34.9 Å². The largest absolute Gasteiger partial charge is 0.334 e. The first-order valence-corrected chi connectivity index (χ1v) is 6.44. The van der Waals surface area contributed by atoms with Gasteiger partial charge in [0, 0.05) is 18.7 Å². The molecular formula is C13H12N6O. The van der Waals surface area contributed by atoms with Gasteiger partial charge in [0.05, 0.1) is 6.54 Å². The van der Waals surface area contributed by atoms with Crippen LogP contribution >= 0.6 is 0 Å². The molecule has 20 heavy (non-hydrogen) atoms. The highest BCUT2D eigenvalue weighted by Gasteiger charge is 2.20. The van der Waals surface area contributed by atoms with Crippen molar-refractivity contribution in [3.8, 4) is 23.1 Å². The van der Waals surface area contributed by atoms with Crippen LogP contribution < -0.4 is 5.32 Å². The molecule has 100 valence electrons. The molecule has 1 aromatic carbocycles. The third kappa shape index (κ3) is 1.79. The second-order valence-electron chi connectivity index (χ2n) is 4.56. The van der Waals surface area contributed by atoms with Gasteiger partial charge in [0.15, 0.2) is 0 Å². The van der Waals surface area contributed by atoms with E-state index >= 15 is 0 Å². The Morgan fingerprint density at radius 2 is 2.05 bits per heavy atom. The maximum absolute atomic E-state index is 5.31. The van der Waals surface area contributed by atoms with E-state index in [0.29, 0.717) is 17.5 Å². The highest BCUT2D eigenvalue weighted by atomic mass is 16.5. The van der Waals surface area contributed by atoms with Gasteiger partial charge in [-0.05, 0) is 12.1 Å². The number of benzene rings is 1. The van der Waals surface area contributed by atoms with Crippen LogP contribution in [0.3, 0.4) is 0 Å². The van der Waals surface area contributed by atoms with Crippen LogP contribution in [0.1, 0.15) is 5.82 Å². The third-order valence-electron chi connectivity index (χ3n) is 3.27. The van der Waals surface area contributed by atoms with Crippen molar-refractivity contribution in [2.75, 3.05) is 6.54 Å². The van der Waals surface area contributed by atoms with E-state index in [1.165, 1.54) is 0 Å². The Morgan fingerprint density at radius 1 is 1.15 bits per heavy atom. The van der Waals surface area contributed by atoms with Crippen molar-refractivity contribution in [3.63, 3.8) is 0 Å². The molecule has 0 aliphatic carbocycles. The minimum atomic E-state index is 0.476. The van der Waals surface area contributed by atoms with E-state index in [-0.39, 0.29) is 0 Å². The summed E-state index contributed by atoms with van der Waals surface area (Å²) in [7, 11) is 0. The lowest BCUT2D eigenvalue weighted by Gasteiger charge is -2.14. The van der Waals surface area contributed by atoms with Crippen LogP contribution in [0, 0.1) is 0 Å². The standard InChI is InChI=1S/C13H12N6O/c1-2-4-9(5-3-1)13-15-11(18-20-13)12-17-16-10-8-14-6-7-19(10)12/h1-5,14H,6-8H2. The van der Waals surface area contributed by atoms with Crippen LogP contribution in [0.4, 0.5) is 0 Å². The molecular weight excluding hydrogens is 256 g/mol. The Labute approximate surface area is 114 Å². The summed E-state index contributed by atoms with van der Waals surface area (Å²) in [6.45, 7) is 2.42. The summed E-state index contributed by atoms with van der Waals surface area (Å²) in [6.07, 6.45) is 0. The molecule has 0 atom stereocenters. The molecule has 0 saturated heterocycles. The quantitative estimate of drug-likeness (QED) is 0.749. The average Bonchev–Trinajstić information content (AvgIpc) is 3.14. The van der Waals surface area contributed by atoms with Crippen LogP contribution in [-0.2, 0) is 13.1 Å². The summed E-state index contributed by atoms with van der Waals surface area (Å²) in [4.78, 5) is 4.41. The van der Waals surface area contributed by atoms with Gasteiger partial charge in [-0.15, -0.1) is 10.2 Å². The van der Waals surface area contributed by atoms with Crippen LogP contribution in [-0.4, -0.2) is 31.4 Å². The van der Waals surface area contributed by atoms with E-state index in [9.17, 15) is 0 Å². The lowest BCUT2D eigenvalue weighted by molar-refractivity contribution is 0.430. The van der Waals surface area contributed by atoms with Crippen molar-refractivity contribution >= 4 is 0 Å². The van der Waals surface area contributed by atoms with E-state index in [4.69, 9.17) is 4.52 Å². The van der Waals surface area contributed by atoms with E-state index in [0.717, 1.165) is 31.0 Å². The number of hydrogen-bond donors (Lipinski definition) is 1. The molecule has 0 fully saturated rings.